The Labute approximate surface area is 126 Å². The van der Waals surface area contributed by atoms with Crippen molar-refractivity contribution in [3.8, 4) is 0 Å². The minimum atomic E-state index is -0.268. The van der Waals surface area contributed by atoms with Gasteiger partial charge in [0, 0.05) is 18.9 Å². The van der Waals surface area contributed by atoms with Gasteiger partial charge in [0.05, 0.1) is 0 Å². The number of anilines is 1. The highest BCUT2D eigenvalue weighted by Crippen LogP contribution is 2.20. The van der Waals surface area contributed by atoms with Crippen molar-refractivity contribution in [2.75, 3.05) is 5.32 Å². The molecule has 1 aromatic carbocycles. The SMILES string of the molecule is CC(N)CCC(=O)Nc1nnc(Cc2ccccc2F)s1. The number of hydrogen-bond donors (Lipinski definition) is 2. The molecular weight excluding hydrogens is 291 g/mol. The van der Waals surface area contributed by atoms with E-state index in [9.17, 15) is 9.18 Å². The molecule has 21 heavy (non-hydrogen) atoms. The van der Waals surface area contributed by atoms with Gasteiger partial charge in [0.25, 0.3) is 0 Å². The molecule has 0 fully saturated rings. The summed E-state index contributed by atoms with van der Waals surface area (Å²) in [7, 11) is 0. The largest absolute Gasteiger partial charge is 0.328 e. The molecule has 2 aromatic rings. The number of amides is 1. The van der Waals surface area contributed by atoms with Crippen LogP contribution >= 0.6 is 11.3 Å². The molecule has 0 aliphatic rings. The number of carbonyl (C=O) groups excluding carboxylic acids is 1. The first-order valence-corrected chi connectivity index (χ1v) is 7.47. The van der Waals surface area contributed by atoms with E-state index in [4.69, 9.17) is 5.73 Å². The van der Waals surface area contributed by atoms with E-state index in [-0.39, 0.29) is 17.8 Å². The van der Waals surface area contributed by atoms with Crippen molar-refractivity contribution in [3.05, 3.63) is 40.7 Å². The van der Waals surface area contributed by atoms with Crippen LogP contribution in [0.1, 0.15) is 30.3 Å². The second-order valence-corrected chi connectivity index (χ2v) is 5.90. The number of nitrogens with zero attached hydrogens (tertiary/aromatic N) is 2. The van der Waals surface area contributed by atoms with E-state index in [0.29, 0.717) is 35.0 Å². The average molecular weight is 308 g/mol. The van der Waals surface area contributed by atoms with Gasteiger partial charge in [-0.15, -0.1) is 10.2 Å². The van der Waals surface area contributed by atoms with Crippen LogP contribution in [-0.4, -0.2) is 22.1 Å². The van der Waals surface area contributed by atoms with Crippen molar-refractivity contribution < 1.29 is 9.18 Å². The van der Waals surface area contributed by atoms with Gasteiger partial charge < -0.3 is 11.1 Å². The fraction of sp³-hybridized carbons (Fsp3) is 0.357. The lowest BCUT2D eigenvalue weighted by molar-refractivity contribution is -0.116. The summed E-state index contributed by atoms with van der Waals surface area (Å²) < 4.78 is 13.5. The predicted molar refractivity (Wildman–Crippen MR) is 80.6 cm³/mol. The second kappa shape index (κ2) is 7.24. The number of nitrogens with one attached hydrogen (secondary N) is 1. The number of rotatable bonds is 6. The Balaban J connectivity index is 1.92. The van der Waals surface area contributed by atoms with E-state index in [0.717, 1.165) is 0 Å². The summed E-state index contributed by atoms with van der Waals surface area (Å²) in [6.45, 7) is 1.85. The van der Waals surface area contributed by atoms with Gasteiger partial charge in [-0.25, -0.2) is 4.39 Å². The van der Waals surface area contributed by atoms with E-state index in [1.807, 2.05) is 6.92 Å². The minimum Gasteiger partial charge on any atom is -0.328 e. The summed E-state index contributed by atoms with van der Waals surface area (Å²) in [4.78, 5) is 11.7. The molecule has 0 radical (unpaired) electrons. The Morgan fingerprint density at radius 3 is 2.90 bits per heavy atom. The van der Waals surface area contributed by atoms with E-state index >= 15 is 0 Å². The molecule has 0 aliphatic carbocycles. The highest BCUT2D eigenvalue weighted by molar-refractivity contribution is 7.15. The number of halogens is 1. The number of nitrogens with two attached hydrogens (primary N) is 1. The van der Waals surface area contributed by atoms with Crippen LogP contribution in [0.5, 0.6) is 0 Å². The normalized spacial score (nSPS) is 12.1. The predicted octanol–water partition coefficient (Wildman–Crippen LogP) is 2.33. The molecule has 7 heteroatoms. The lowest BCUT2D eigenvalue weighted by atomic mass is 10.1. The van der Waals surface area contributed by atoms with Crippen LogP contribution in [0.25, 0.3) is 0 Å². The molecule has 0 saturated heterocycles. The van der Waals surface area contributed by atoms with Gasteiger partial charge in [0.2, 0.25) is 11.0 Å². The van der Waals surface area contributed by atoms with Crippen molar-refractivity contribution >= 4 is 22.4 Å². The lowest BCUT2D eigenvalue weighted by Gasteiger charge is -2.03. The van der Waals surface area contributed by atoms with Crippen molar-refractivity contribution in [3.63, 3.8) is 0 Å². The van der Waals surface area contributed by atoms with Gasteiger partial charge in [0.1, 0.15) is 10.8 Å². The van der Waals surface area contributed by atoms with Gasteiger partial charge in [-0.05, 0) is 25.0 Å². The monoisotopic (exact) mass is 308 g/mol. The fourth-order valence-electron chi connectivity index (χ4n) is 1.72. The van der Waals surface area contributed by atoms with Crippen molar-refractivity contribution in [2.24, 2.45) is 5.73 Å². The van der Waals surface area contributed by atoms with Crippen LogP contribution in [0.15, 0.2) is 24.3 Å². The number of benzene rings is 1. The summed E-state index contributed by atoms with van der Waals surface area (Å²) in [5.74, 6) is -0.406. The first-order valence-electron chi connectivity index (χ1n) is 6.66. The van der Waals surface area contributed by atoms with E-state index < -0.39 is 0 Å². The molecule has 5 nitrogen and oxygen atoms in total. The summed E-state index contributed by atoms with van der Waals surface area (Å²) in [5.41, 5.74) is 6.16. The average Bonchev–Trinajstić information content (AvgIpc) is 2.86. The third-order valence-electron chi connectivity index (χ3n) is 2.84. The summed E-state index contributed by atoms with van der Waals surface area (Å²) >= 11 is 1.25. The van der Waals surface area contributed by atoms with E-state index in [1.165, 1.54) is 17.4 Å². The highest BCUT2D eigenvalue weighted by Gasteiger charge is 2.10. The first-order chi connectivity index (χ1) is 10.0. The Morgan fingerprint density at radius 2 is 2.19 bits per heavy atom. The quantitative estimate of drug-likeness (QED) is 0.858. The summed E-state index contributed by atoms with van der Waals surface area (Å²) in [5, 5.41) is 11.6. The molecule has 0 saturated carbocycles. The van der Waals surface area contributed by atoms with Crippen LogP contribution in [-0.2, 0) is 11.2 Å². The molecule has 2 rings (SSSR count). The molecule has 1 atom stereocenters. The van der Waals surface area contributed by atoms with Gasteiger partial charge in [-0.1, -0.05) is 29.5 Å². The van der Waals surface area contributed by atoms with Crippen molar-refractivity contribution in [1.29, 1.82) is 0 Å². The van der Waals surface area contributed by atoms with Crippen LogP contribution in [0, 0.1) is 5.82 Å². The fourth-order valence-corrected chi connectivity index (χ4v) is 2.50. The van der Waals surface area contributed by atoms with E-state index in [2.05, 4.69) is 15.5 Å². The molecule has 1 aromatic heterocycles. The second-order valence-electron chi connectivity index (χ2n) is 4.83. The summed E-state index contributed by atoms with van der Waals surface area (Å²) in [6.07, 6.45) is 1.33. The maximum atomic E-state index is 13.5. The standard InChI is InChI=1S/C14H17FN4OS/c1-9(16)6-7-12(20)17-14-19-18-13(21-14)8-10-4-2-3-5-11(10)15/h2-5,9H,6-8,16H2,1H3,(H,17,19,20). The van der Waals surface area contributed by atoms with Crippen LogP contribution < -0.4 is 11.1 Å². The Morgan fingerprint density at radius 1 is 1.43 bits per heavy atom. The number of carbonyl (C=O) groups is 1. The zero-order chi connectivity index (χ0) is 15.2. The number of hydrogen-bond acceptors (Lipinski definition) is 5. The van der Waals surface area contributed by atoms with Crippen LogP contribution in [0.4, 0.5) is 9.52 Å². The topological polar surface area (TPSA) is 80.9 Å². The molecule has 112 valence electrons. The molecule has 1 amide bonds. The molecular formula is C14H17FN4OS. The Kier molecular flexibility index (Phi) is 5.35. The van der Waals surface area contributed by atoms with Crippen molar-refractivity contribution in [2.45, 2.75) is 32.2 Å². The van der Waals surface area contributed by atoms with E-state index in [1.54, 1.807) is 18.2 Å². The van der Waals surface area contributed by atoms with Crippen LogP contribution in [0.2, 0.25) is 0 Å². The third-order valence-corrected chi connectivity index (χ3v) is 3.68. The molecule has 3 N–H and O–H groups in total. The zero-order valence-electron chi connectivity index (χ0n) is 11.7. The zero-order valence-corrected chi connectivity index (χ0v) is 12.5. The van der Waals surface area contributed by atoms with Gasteiger partial charge in [0.15, 0.2) is 0 Å². The first kappa shape index (κ1) is 15.5. The molecule has 0 bridgehead atoms. The lowest BCUT2D eigenvalue weighted by Crippen LogP contribution is -2.19. The Hall–Kier alpha value is -1.86. The smallest absolute Gasteiger partial charge is 0.226 e. The van der Waals surface area contributed by atoms with Gasteiger partial charge in [-0.3, -0.25) is 4.79 Å². The summed E-state index contributed by atoms with van der Waals surface area (Å²) in [6, 6.07) is 6.52. The van der Waals surface area contributed by atoms with Gasteiger partial charge in [-0.2, -0.15) is 0 Å². The molecule has 1 heterocycles. The molecule has 0 aliphatic heterocycles. The van der Waals surface area contributed by atoms with Crippen LogP contribution in [0.3, 0.4) is 0 Å². The maximum absolute atomic E-state index is 13.5. The Bertz CT molecular complexity index is 615. The number of aromatic nitrogens is 2. The molecule has 0 spiro atoms. The highest BCUT2D eigenvalue weighted by atomic mass is 32.1. The van der Waals surface area contributed by atoms with Crippen molar-refractivity contribution in [1.82, 2.24) is 10.2 Å². The minimum absolute atomic E-state index is 0.0122. The molecule has 1 unspecified atom stereocenters. The maximum Gasteiger partial charge on any atom is 0.226 e. The third kappa shape index (κ3) is 4.87. The van der Waals surface area contributed by atoms with Gasteiger partial charge >= 0.3 is 0 Å².